The van der Waals surface area contributed by atoms with Gasteiger partial charge in [-0.05, 0) is 44.4 Å². The minimum Gasteiger partial charge on any atom is -0.363 e. The largest absolute Gasteiger partial charge is 0.363 e. The van der Waals surface area contributed by atoms with E-state index in [0.717, 1.165) is 29.3 Å². The van der Waals surface area contributed by atoms with E-state index in [-0.39, 0.29) is 11.9 Å². The quantitative estimate of drug-likeness (QED) is 0.916. The van der Waals surface area contributed by atoms with Gasteiger partial charge in [0.15, 0.2) is 0 Å². The average Bonchev–Trinajstić information content (AvgIpc) is 2.41. The lowest BCUT2D eigenvalue weighted by Gasteiger charge is -2.16. The van der Waals surface area contributed by atoms with Crippen LogP contribution >= 0.6 is 0 Å². The molecule has 0 radical (unpaired) electrons. The molecule has 2 rings (SSSR count). The Hall–Kier alpha value is -1.97. The molecule has 3 nitrogen and oxygen atoms in total. The van der Waals surface area contributed by atoms with Crippen molar-refractivity contribution in [3.63, 3.8) is 0 Å². The van der Waals surface area contributed by atoms with Crippen molar-refractivity contribution in [3.8, 4) is 0 Å². The van der Waals surface area contributed by atoms with Crippen LogP contribution in [0.5, 0.6) is 0 Å². The van der Waals surface area contributed by atoms with Crippen molar-refractivity contribution in [2.75, 3.05) is 5.32 Å². The number of hydrogen-bond donors (Lipinski definition) is 1. The number of hydrogen-bond acceptors (Lipinski definition) is 3. The minimum absolute atomic E-state index is 0.0101. The molecule has 1 heterocycles. The molecule has 0 fully saturated rings. The number of nitrogens with zero attached hydrogens (tertiary/aromatic N) is 2. The van der Waals surface area contributed by atoms with Gasteiger partial charge in [-0.1, -0.05) is 19.1 Å². The Labute approximate surface area is 119 Å². The average molecular weight is 273 g/mol. The first kappa shape index (κ1) is 14.4. The Morgan fingerprint density at radius 2 is 1.95 bits per heavy atom. The molecule has 0 saturated heterocycles. The fourth-order valence-electron chi connectivity index (χ4n) is 2.07. The van der Waals surface area contributed by atoms with Gasteiger partial charge in [0.05, 0.1) is 6.04 Å². The van der Waals surface area contributed by atoms with Gasteiger partial charge in [-0.15, -0.1) is 0 Å². The van der Waals surface area contributed by atoms with Gasteiger partial charge in [0.25, 0.3) is 0 Å². The standard InChI is InChI=1S/C16H20FN3/c1-5-14-9-16(20-12(4)19-14)18-11(3)13-7-6-10(2)15(17)8-13/h6-9,11H,5H2,1-4H3,(H,18,19,20). The minimum atomic E-state index is -0.177. The molecule has 1 unspecified atom stereocenters. The maximum Gasteiger partial charge on any atom is 0.130 e. The summed E-state index contributed by atoms with van der Waals surface area (Å²) in [5, 5.41) is 3.30. The van der Waals surface area contributed by atoms with Crippen molar-refractivity contribution >= 4 is 5.82 Å². The van der Waals surface area contributed by atoms with Gasteiger partial charge in [-0.3, -0.25) is 0 Å². The van der Waals surface area contributed by atoms with E-state index in [1.807, 2.05) is 26.0 Å². The lowest BCUT2D eigenvalue weighted by Crippen LogP contribution is -2.10. The summed E-state index contributed by atoms with van der Waals surface area (Å²) in [6.07, 6.45) is 0.867. The predicted octanol–water partition coefficient (Wildman–Crippen LogP) is 3.97. The highest BCUT2D eigenvalue weighted by Crippen LogP contribution is 2.20. The molecular weight excluding hydrogens is 253 g/mol. The van der Waals surface area contributed by atoms with Crippen molar-refractivity contribution < 1.29 is 4.39 Å². The molecule has 1 N–H and O–H groups in total. The van der Waals surface area contributed by atoms with Crippen LogP contribution in [0.1, 0.15) is 42.5 Å². The van der Waals surface area contributed by atoms with Gasteiger partial charge < -0.3 is 5.32 Å². The van der Waals surface area contributed by atoms with Crippen LogP contribution in [0, 0.1) is 19.7 Å². The van der Waals surface area contributed by atoms with Gasteiger partial charge in [-0.2, -0.15) is 0 Å². The van der Waals surface area contributed by atoms with E-state index in [9.17, 15) is 4.39 Å². The van der Waals surface area contributed by atoms with Crippen molar-refractivity contribution in [1.82, 2.24) is 9.97 Å². The molecule has 4 heteroatoms. The third-order valence-corrected chi connectivity index (χ3v) is 3.31. The highest BCUT2D eigenvalue weighted by Gasteiger charge is 2.09. The molecule has 1 aromatic carbocycles. The van der Waals surface area contributed by atoms with Gasteiger partial charge in [0.2, 0.25) is 0 Å². The van der Waals surface area contributed by atoms with E-state index in [2.05, 4.69) is 22.2 Å². The van der Waals surface area contributed by atoms with Gasteiger partial charge in [0, 0.05) is 11.8 Å². The Morgan fingerprint density at radius 1 is 1.20 bits per heavy atom. The van der Waals surface area contributed by atoms with Gasteiger partial charge in [0.1, 0.15) is 17.5 Å². The number of benzene rings is 1. The number of nitrogens with one attached hydrogen (secondary N) is 1. The van der Waals surface area contributed by atoms with Crippen LogP contribution < -0.4 is 5.32 Å². The molecular formula is C16H20FN3. The molecule has 0 spiro atoms. The Morgan fingerprint density at radius 3 is 2.60 bits per heavy atom. The SMILES string of the molecule is CCc1cc(NC(C)c2ccc(C)c(F)c2)nc(C)n1. The second kappa shape index (κ2) is 5.99. The summed E-state index contributed by atoms with van der Waals surface area (Å²) in [5.41, 5.74) is 2.57. The molecule has 1 aromatic heterocycles. The molecule has 2 aromatic rings. The normalized spacial score (nSPS) is 12.2. The van der Waals surface area contributed by atoms with Crippen molar-refractivity contribution in [2.24, 2.45) is 0 Å². The Kier molecular flexibility index (Phi) is 4.32. The predicted molar refractivity (Wildman–Crippen MR) is 79.3 cm³/mol. The summed E-state index contributed by atoms with van der Waals surface area (Å²) in [6.45, 7) is 7.69. The second-order valence-electron chi connectivity index (χ2n) is 5.02. The number of aromatic nitrogens is 2. The number of rotatable bonds is 4. The van der Waals surface area contributed by atoms with Crippen molar-refractivity contribution in [1.29, 1.82) is 0 Å². The van der Waals surface area contributed by atoms with Crippen LogP contribution in [0.3, 0.4) is 0 Å². The molecule has 0 amide bonds. The first-order valence-electron chi connectivity index (χ1n) is 6.86. The summed E-state index contributed by atoms with van der Waals surface area (Å²) in [4.78, 5) is 8.72. The molecule has 0 bridgehead atoms. The van der Waals surface area contributed by atoms with Crippen LogP contribution in [0.15, 0.2) is 24.3 Å². The third-order valence-electron chi connectivity index (χ3n) is 3.31. The Bertz CT molecular complexity index is 611. The maximum absolute atomic E-state index is 13.6. The molecule has 1 atom stereocenters. The van der Waals surface area contributed by atoms with E-state index >= 15 is 0 Å². The zero-order chi connectivity index (χ0) is 14.7. The van der Waals surface area contributed by atoms with E-state index in [1.54, 1.807) is 19.1 Å². The summed E-state index contributed by atoms with van der Waals surface area (Å²) in [5.74, 6) is 1.35. The second-order valence-corrected chi connectivity index (χ2v) is 5.02. The van der Waals surface area contributed by atoms with Crippen molar-refractivity contribution in [3.05, 3.63) is 52.7 Å². The lowest BCUT2D eigenvalue weighted by molar-refractivity contribution is 0.614. The molecule has 20 heavy (non-hydrogen) atoms. The monoisotopic (exact) mass is 273 g/mol. The summed E-state index contributed by atoms with van der Waals surface area (Å²) >= 11 is 0. The Balaban J connectivity index is 2.20. The molecule has 0 aliphatic heterocycles. The van der Waals surface area contributed by atoms with Crippen LogP contribution in [0.25, 0.3) is 0 Å². The molecule has 0 aliphatic rings. The topological polar surface area (TPSA) is 37.8 Å². The number of anilines is 1. The zero-order valence-corrected chi connectivity index (χ0v) is 12.4. The van der Waals surface area contributed by atoms with Gasteiger partial charge >= 0.3 is 0 Å². The third kappa shape index (κ3) is 3.32. The van der Waals surface area contributed by atoms with Crippen LogP contribution in [-0.4, -0.2) is 9.97 Å². The molecule has 0 saturated carbocycles. The summed E-state index contributed by atoms with van der Waals surface area (Å²) < 4.78 is 13.6. The summed E-state index contributed by atoms with van der Waals surface area (Å²) in [6, 6.07) is 7.23. The molecule has 0 aliphatic carbocycles. The summed E-state index contributed by atoms with van der Waals surface area (Å²) in [7, 11) is 0. The number of aryl methyl sites for hydroxylation is 3. The maximum atomic E-state index is 13.6. The van der Waals surface area contributed by atoms with E-state index in [0.29, 0.717) is 5.56 Å². The van der Waals surface area contributed by atoms with E-state index < -0.39 is 0 Å². The zero-order valence-electron chi connectivity index (χ0n) is 12.4. The van der Waals surface area contributed by atoms with Crippen LogP contribution in [0.4, 0.5) is 10.2 Å². The van der Waals surface area contributed by atoms with Crippen LogP contribution in [0.2, 0.25) is 0 Å². The first-order chi connectivity index (χ1) is 9.49. The fraction of sp³-hybridized carbons (Fsp3) is 0.375. The van der Waals surface area contributed by atoms with E-state index in [1.165, 1.54) is 0 Å². The highest BCUT2D eigenvalue weighted by molar-refractivity contribution is 5.40. The van der Waals surface area contributed by atoms with Crippen molar-refractivity contribution in [2.45, 2.75) is 40.2 Å². The number of halogens is 1. The van der Waals surface area contributed by atoms with E-state index in [4.69, 9.17) is 0 Å². The highest BCUT2D eigenvalue weighted by atomic mass is 19.1. The smallest absolute Gasteiger partial charge is 0.130 e. The van der Waals surface area contributed by atoms with Crippen LogP contribution in [-0.2, 0) is 6.42 Å². The molecule has 106 valence electrons. The lowest BCUT2D eigenvalue weighted by atomic mass is 10.1. The van der Waals surface area contributed by atoms with Gasteiger partial charge in [-0.25, -0.2) is 14.4 Å². The fourth-order valence-corrected chi connectivity index (χ4v) is 2.07. The first-order valence-corrected chi connectivity index (χ1v) is 6.86.